The fourth-order valence-corrected chi connectivity index (χ4v) is 0.753. The predicted molar refractivity (Wildman–Crippen MR) is 42.1 cm³/mol. The van der Waals surface area contributed by atoms with Gasteiger partial charge in [-0.1, -0.05) is 0 Å². The molecule has 0 fully saturated rings. The van der Waals surface area contributed by atoms with E-state index in [2.05, 4.69) is 10.3 Å². The van der Waals surface area contributed by atoms with Crippen LogP contribution in [0.15, 0.2) is 10.8 Å². The highest BCUT2D eigenvalue weighted by Crippen LogP contribution is 2.02. The lowest BCUT2D eigenvalue weighted by Crippen LogP contribution is -2.29. The smallest absolute Gasteiger partial charge is 0.234 e. The molecule has 12 heavy (non-hydrogen) atoms. The molecule has 0 aliphatic carbocycles. The zero-order chi connectivity index (χ0) is 8.97. The molecule has 0 saturated heterocycles. The van der Waals surface area contributed by atoms with Gasteiger partial charge in [-0.3, -0.25) is 4.79 Å². The van der Waals surface area contributed by atoms with Gasteiger partial charge in [-0.15, -0.1) is 0 Å². The summed E-state index contributed by atoms with van der Waals surface area (Å²) in [5, 5.41) is 2.59. The number of nitrogens with one attached hydrogen (secondary N) is 1. The fraction of sp³-hybridized carbons (Fsp3) is 0.429. The Kier molecular flexibility index (Phi) is 2.82. The van der Waals surface area contributed by atoms with Gasteiger partial charge in [-0.25, -0.2) is 4.98 Å². The minimum absolute atomic E-state index is 0.00308. The minimum Gasteiger partial charge on any atom is -0.448 e. The van der Waals surface area contributed by atoms with Crippen LogP contribution in [0.4, 0.5) is 0 Å². The van der Waals surface area contributed by atoms with Crippen molar-refractivity contribution in [1.29, 1.82) is 0 Å². The summed E-state index contributed by atoms with van der Waals surface area (Å²) in [7, 11) is 0. The monoisotopic (exact) mass is 169 g/mol. The van der Waals surface area contributed by atoms with E-state index in [0.717, 1.165) is 5.69 Å². The molecule has 1 heterocycles. The average molecular weight is 169 g/mol. The summed E-state index contributed by atoms with van der Waals surface area (Å²) in [5.41, 5.74) is 5.83. The van der Waals surface area contributed by atoms with E-state index in [4.69, 9.17) is 10.2 Å². The molecule has 3 N–H and O–H groups in total. The molecule has 0 radical (unpaired) electrons. The maximum Gasteiger partial charge on any atom is 0.234 e. The van der Waals surface area contributed by atoms with E-state index in [0.29, 0.717) is 12.3 Å². The molecule has 5 nitrogen and oxygen atoms in total. The lowest BCUT2D eigenvalue weighted by Gasteiger charge is -1.99. The van der Waals surface area contributed by atoms with Crippen LogP contribution in [0.25, 0.3) is 0 Å². The number of aromatic nitrogens is 1. The van der Waals surface area contributed by atoms with Crippen LogP contribution in [0, 0.1) is 6.92 Å². The number of nitrogens with two attached hydrogens (primary N) is 1. The van der Waals surface area contributed by atoms with Crippen LogP contribution in [-0.4, -0.2) is 17.4 Å². The zero-order valence-corrected chi connectivity index (χ0v) is 6.83. The van der Waals surface area contributed by atoms with E-state index in [9.17, 15) is 4.79 Å². The van der Waals surface area contributed by atoms with Gasteiger partial charge in [-0.2, -0.15) is 0 Å². The quantitative estimate of drug-likeness (QED) is 0.642. The summed E-state index contributed by atoms with van der Waals surface area (Å²) >= 11 is 0. The van der Waals surface area contributed by atoms with Crippen molar-refractivity contribution in [1.82, 2.24) is 10.3 Å². The molecule has 66 valence electrons. The Hall–Kier alpha value is -1.36. The van der Waals surface area contributed by atoms with Crippen molar-refractivity contribution in [3.05, 3.63) is 17.8 Å². The Balaban J connectivity index is 2.43. The van der Waals surface area contributed by atoms with E-state index in [1.165, 1.54) is 6.39 Å². The molecule has 0 saturated carbocycles. The van der Waals surface area contributed by atoms with Crippen LogP contribution >= 0.6 is 0 Å². The van der Waals surface area contributed by atoms with Gasteiger partial charge >= 0.3 is 0 Å². The molecule has 1 aromatic rings. The molecular weight excluding hydrogens is 158 g/mol. The number of amides is 1. The number of nitrogens with zero attached hydrogens (tertiary/aromatic N) is 1. The molecule has 0 unspecified atom stereocenters. The normalized spacial score (nSPS) is 9.83. The van der Waals surface area contributed by atoms with Gasteiger partial charge in [0.2, 0.25) is 5.91 Å². The van der Waals surface area contributed by atoms with Gasteiger partial charge in [0.05, 0.1) is 13.1 Å². The molecular formula is C7H11N3O2. The summed E-state index contributed by atoms with van der Waals surface area (Å²) in [6, 6.07) is 0. The molecule has 0 aromatic carbocycles. The number of aryl methyl sites for hydroxylation is 1. The summed E-state index contributed by atoms with van der Waals surface area (Å²) < 4.78 is 4.94. The maximum atomic E-state index is 10.7. The molecule has 1 rings (SSSR count). The molecule has 5 heteroatoms. The lowest BCUT2D eigenvalue weighted by atomic mass is 10.3. The number of oxazole rings is 1. The van der Waals surface area contributed by atoms with Crippen LogP contribution < -0.4 is 11.1 Å². The van der Waals surface area contributed by atoms with Crippen LogP contribution in [0.2, 0.25) is 0 Å². The topological polar surface area (TPSA) is 81.2 Å². The predicted octanol–water partition coefficient (Wildman–Crippen LogP) is -0.442. The average Bonchev–Trinajstić information content (AvgIpc) is 2.47. The van der Waals surface area contributed by atoms with Crippen molar-refractivity contribution >= 4 is 5.91 Å². The Labute approximate surface area is 70.0 Å². The molecule has 0 atom stereocenters. The van der Waals surface area contributed by atoms with Crippen LogP contribution in [0.3, 0.4) is 0 Å². The first-order chi connectivity index (χ1) is 5.74. The molecule has 0 aliphatic heterocycles. The van der Waals surface area contributed by atoms with Crippen molar-refractivity contribution < 1.29 is 9.21 Å². The molecule has 1 aromatic heterocycles. The van der Waals surface area contributed by atoms with E-state index in [-0.39, 0.29) is 12.5 Å². The Morgan fingerprint density at radius 1 is 1.83 bits per heavy atom. The summed E-state index contributed by atoms with van der Waals surface area (Å²) in [5.74, 6) is 0.518. The van der Waals surface area contributed by atoms with Crippen LogP contribution in [-0.2, 0) is 11.3 Å². The maximum absolute atomic E-state index is 10.7. The second-order valence-corrected chi connectivity index (χ2v) is 2.34. The van der Waals surface area contributed by atoms with Crippen molar-refractivity contribution in [2.24, 2.45) is 5.73 Å². The first-order valence-electron chi connectivity index (χ1n) is 3.59. The van der Waals surface area contributed by atoms with E-state index in [1.807, 2.05) is 0 Å². The highest BCUT2D eigenvalue weighted by molar-refractivity contribution is 5.77. The summed E-state index contributed by atoms with van der Waals surface area (Å²) in [6.45, 7) is 2.16. The molecule has 1 amide bonds. The van der Waals surface area contributed by atoms with Crippen LogP contribution in [0.1, 0.15) is 11.5 Å². The Morgan fingerprint density at radius 3 is 3.08 bits per heavy atom. The number of rotatable bonds is 3. The Morgan fingerprint density at radius 2 is 2.58 bits per heavy atom. The summed E-state index contributed by atoms with van der Waals surface area (Å²) in [6.07, 6.45) is 1.35. The van der Waals surface area contributed by atoms with Crippen molar-refractivity contribution in [3.8, 4) is 0 Å². The van der Waals surface area contributed by atoms with Gasteiger partial charge in [-0.05, 0) is 6.92 Å². The first kappa shape index (κ1) is 8.73. The lowest BCUT2D eigenvalue weighted by molar-refractivity contribution is -0.119. The highest BCUT2D eigenvalue weighted by atomic mass is 16.3. The van der Waals surface area contributed by atoms with Crippen molar-refractivity contribution in [2.75, 3.05) is 6.54 Å². The standard InChI is InChI=1S/C7H11N3O2/c1-5-6(10-4-12-5)3-9-7(11)2-8/h4H,2-3,8H2,1H3,(H,9,11). The number of carbonyl (C=O) groups is 1. The van der Waals surface area contributed by atoms with Gasteiger partial charge in [0.25, 0.3) is 0 Å². The molecule has 0 spiro atoms. The Bertz CT molecular complexity index is 269. The number of hydrogen-bond acceptors (Lipinski definition) is 4. The zero-order valence-electron chi connectivity index (χ0n) is 6.83. The van der Waals surface area contributed by atoms with Crippen molar-refractivity contribution in [2.45, 2.75) is 13.5 Å². The fourth-order valence-electron chi connectivity index (χ4n) is 0.753. The van der Waals surface area contributed by atoms with Gasteiger partial charge in [0.15, 0.2) is 6.39 Å². The van der Waals surface area contributed by atoms with E-state index >= 15 is 0 Å². The number of hydrogen-bond donors (Lipinski definition) is 2. The first-order valence-corrected chi connectivity index (χ1v) is 3.59. The third kappa shape index (κ3) is 2.06. The van der Waals surface area contributed by atoms with Crippen LogP contribution in [0.5, 0.6) is 0 Å². The number of carbonyl (C=O) groups excluding carboxylic acids is 1. The molecule has 0 bridgehead atoms. The highest BCUT2D eigenvalue weighted by Gasteiger charge is 2.03. The van der Waals surface area contributed by atoms with Gasteiger partial charge in [0, 0.05) is 0 Å². The van der Waals surface area contributed by atoms with Gasteiger partial charge < -0.3 is 15.5 Å². The van der Waals surface area contributed by atoms with Gasteiger partial charge in [0.1, 0.15) is 11.5 Å². The molecule has 0 aliphatic rings. The SMILES string of the molecule is Cc1ocnc1CNC(=O)CN. The third-order valence-corrected chi connectivity index (χ3v) is 1.48. The summed E-state index contributed by atoms with van der Waals surface area (Å²) in [4.78, 5) is 14.6. The van der Waals surface area contributed by atoms with E-state index in [1.54, 1.807) is 6.92 Å². The van der Waals surface area contributed by atoms with E-state index < -0.39 is 0 Å². The third-order valence-electron chi connectivity index (χ3n) is 1.48. The second-order valence-electron chi connectivity index (χ2n) is 2.34. The second kappa shape index (κ2) is 3.87. The minimum atomic E-state index is -0.197. The van der Waals surface area contributed by atoms with Crippen molar-refractivity contribution in [3.63, 3.8) is 0 Å². The largest absolute Gasteiger partial charge is 0.448 e.